The van der Waals surface area contributed by atoms with Gasteiger partial charge in [-0.15, -0.1) is 18.2 Å². The molecule has 5 aromatic carbocycles. The van der Waals surface area contributed by atoms with Crippen molar-refractivity contribution in [1.29, 1.82) is 0 Å². The topological polar surface area (TPSA) is 236 Å². The number of nitrogens with zero attached hydrogens (tertiary/aromatic N) is 7. The molecule has 1 aliphatic heterocycles. The summed E-state index contributed by atoms with van der Waals surface area (Å²) in [4.78, 5) is 49.9. The van der Waals surface area contributed by atoms with Gasteiger partial charge >= 0.3 is 0 Å². The Kier molecular flexibility index (Phi) is 30.5. The number of aryl methyl sites for hydroxylation is 8. The predicted octanol–water partition coefficient (Wildman–Crippen LogP) is 19.6. The van der Waals surface area contributed by atoms with E-state index >= 15 is 0 Å². The summed E-state index contributed by atoms with van der Waals surface area (Å²) < 4.78 is 98.6. The Morgan fingerprint density at radius 3 is 1.13 bits per heavy atom. The number of aliphatic hydroxyl groups is 1. The van der Waals surface area contributed by atoms with Gasteiger partial charge in [0, 0.05) is 111 Å². The number of H-pyrrole nitrogens is 1. The molecule has 0 aliphatic carbocycles. The minimum absolute atomic E-state index is 0.111. The van der Waals surface area contributed by atoms with E-state index in [9.17, 15) is 41.1 Å². The molecule has 109 heavy (non-hydrogen) atoms. The average molecular weight is 1700 g/mol. The van der Waals surface area contributed by atoms with Crippen molar-refractivity contribution in [1.82, 2.24) is 39.3 Å². The molecule has 566 valence electrons. The summed E-state index contributed by atoms with van der Waals surface area (Å²) >= 11 is 14.6. The fraction of sp³-hybridized carbons (Fsp3) is 0.195. The van der Waals surface area contributed by atoms with Crippen LogP contribution in [0.15, 0.2) is 234 Å². The summed E-state index contributed by atoms with van der Waals surface area (Å²) in [6.45, 7) is 24.9. The molecule has 0 saturated carbocycles. The summed E-state index contributed by atoms with van der Waals surface area (Å²) in [5.74, 6) is 1.59. The van der Waals surface area contributed by atoms with Crippen molar-refractivity contribution in [3.8, 4) is 44.5 Å². The molecular weight excluding hydrogens is 1630 g/mol. The average Bonchev–Trinajstić information content (AvgIpc) is 1.77. The predicted molar refractivity (Wildman–Crippen MR) is 422 cm³/mol. The number of benzene rings is 5. The first-order valence-corrected chi connectivity index (χ1v) is 36.4. The fourth-order valence-electron chi connectivity index (χ4n) is 11.0. The normalized spacial score (nSPS) is 11.7. The van der Waals surface area contributed by atoms with Crippen LogP contribution >= 0.6 is 59.4 Å². The van der Waals surface area contributed by atoms with Crippen molar-refractivity contribution < 1.29 is 49.9 Å². The van der Waals surface area contributed by atoms with Crippen molar-refractivity contribution in [2.24, 2.45) is 0 Å². The number of nitrogens with one attached hydrogen (secondary N) is 1. The summed E-state index contributed by atoms with van der Waals surface area (Å²) in [6.07, 6.45) is 9.99. The van der Waals surface area contributed by atoms with Crippen LogP contribution in [0, 0.1) is 84.5 Å². The van der Waals surface area contributed by atoms with E-state index in [0.717, 1.165) is 84.2 Å². The van der Waals surface area contributed by atoms with Crippen LogP contribution in [-0.4, -0.2) is 51.0 Å². The quantitative estimate of drug-likeness (QED) is 0.0446. The highest BCUT2D eigenvalue weighted by Gasteiger charge is 2.28. The van der Waals surface area contributed by atoms with Gasteiger partial charge in [0.05, 0.1) is 69.0 Å². The van der Waals surface area contributed by atoms with Crippen LogP contribution in [0.2, 0.25) is 0 Å². The van der Waals surface area contributed by atoms with E-state index in [2.05, 4.69) is 86.6 Å². The van der Waals surface area contributed by atoms with Crippen LogP contribution in [0.1, 0.15) is 97.8 Å². The number of pyridine rings is 4. The molecule has 8 aromatic heterocycles. The van der Waals surface area contributed by atoms with Gasteiger partial charge in [0.2, 0.25) is 5.56 Å². The van der Waals surface area contributed by atoms with Crippen LogP contribution in [0.3, 0.4) is 0 Å². The minimum atomic E-state index is -0.350. The maximum atomic E-state index is 14.2. The third-order valence-electron chi connectivity index (χ3n) is 16.4. The van der Waals surface area contributed by atoms with Gasteiger partial charge in [0.1, 0.15) is 58.2 Å². The van der Waals surface area contributed by atoms with Crippen molar-refractivity contribution >= 4 is 65.5 Å². The first-order valence-electron chi connectivity index (χ1n) is 33.4. The number of aromatic amines is 1. The number of allylic oxidation sites excluding steroid dienone is 1. The monoisotopic (exact) mass is 1700 g/mol. The lowest BCUT2D eigenvalue weighted by Crippen LogP contribution is -2.19. The molecule has 0 spiro atoms. The molecule has 1 aliphatic rings. The molecule has 1 unspecified atom stereocenters. The smallest absolute Gasteiger partial charge is 0.250 e. The maximum Gasteiger partial charge on any atom is 0.250 e. The summed E-state index contributed by atoms with van der Waals surface area (Å²) in [5.41, 5.74) is 14.1. The lowest BCUT2D eigenvalue weighted by Gasteiger charge is -2.09. The largest absolute Gasteiger partial charge is 0.392 e. The van der Waals surface area contributed by atoms with Gasteiger partial charge in [-0.1, -0.05) is 81.8 Å². The molecule has 1 saturated heterocycles. The van der Waals surface area contributed by atoms with E-state index in [1.807, 2.05) is 68.4 Å². The molecule has 18 nitrogen and oxygen atoms in total. The third-order valence-corrected chi connectivity index (χ3v) is 18.6. The Bertz CT molecular complexity index is 5460. The lowest BCUT2D eigenvalue weighted by molar-refractivity contribution is 0.281. The molecule has 2 N–H and O–H groups in total. The maximum absolute atomic E-state index is 14.2. The summed E-state index contributed by atoms with van der Waals surface area (Å²) in [7, 11) is 0. The van der Waals surface area contributed by atoms with Crippen molar-refractivity contribution in [3.63, 3.8) is 0 Å². The summed E-state index contributed by atoms with van der Waals surface area (Å²) in [6, 6.07) is 37.1. The Labute approximate surface area is 654 Å². The Balaban J connectivity index is 0.000000169. The van der Waals surface area contributed by atoms with Crippen molar-refractivity contribution in [2.75, 3.05) is 6.61 Å². The second-order valence-corrected chi connectivity index (χ2v) is 27.4. The van der Waals surface area contributed by atoms with Gasteiger partial charge in [0.15, 0.2) is 0 Å². The second-order valence-electron chi connectivity index (χ2n) is 24.6. The van der Waals surface area contributed by atoms with Gasteiger partial charge in [0.25, 0.3) is 16.7 Å². The molecule has 1 fully saturated rings. The van der Waals surface area contributed by atoms with Crippen LogP contribution < -0.4 is 22.2 Å². The van der Waals surface area contributed by atoms with E-state index in [1.165, 1.54) is 60.7 Å². The van der Waals surface area contributed by atoms with Crippen molar-refractivity contribution in [2.45, 2.75) is 101 Å². The number of hydrogen-bond acceptors (Lipinski definition) is 14. The van der Waals surface area contributed by atoms with Crippen molar-refractivity contribution in [3.05, 3.63) is 352 Å². The van der Waals surface area contributed by atoms with Crippen LogP contribution in [0.5, 0.6) is 0 Å². The van der Waals surface area contributed by atoms with Gasteiger partial charge in [-0.3, -0.25) is 19.2 Å². The van der Waals surface area contributed by atoms with Crippen LogP contribution in [0.4, 0.5) is 22.0 Å². The molecular formula is C82H75Br3ClF5N8O10. The van der Waals surface area contributed by atoms with E-state index < -0.39 is 0 Å². The number of epoxide rings is 1. The highest BCUT2D eigenvalue weighted by atomic mass is 79.9. The van der Waals surface area contributed by atoms with Crippen LogP contribution in [-0.2, 0) is 36.9 Å². The highest BCUT2D eigenvalue weighted by Crippen LogP contribution is 2.34. The minimum Gasteiger partial charge on any atom is -0.392 e. The first-order chi connectivity index (χ1) is 52.0. The molecule has 0 radical (unpaired) electrons. The van der Waals surface area contributed by atoms with Crippen LogP contribution in [0.25, 0.3) is 50.6 Å². The Morgan fingerprint density at radius 2 is 0.807 bits per heavy atom. The van der Waals surface area contributed by atoms with E-state index in [4.69, 9.17) is 39.5 Å². The zero-order valence-corrected chi connectivity index (χ0v) is 66.1. The molecule has 14 rings (SSSR count). The molecule has 0 bridgehead atoms. The Hall–Kier alpha value is -10.5. The third kappa shape index (κ3) is 23.0. The zero-order chi connectivity index (χ0) is 79.3. The Morgan fingerprint density at radius 1 is 0.477 bits per heavy atom. The standard InChI is InChI=1S/C19H17FN2O3.C19H17FN2O2.C17H14BrFN2O2.C10H10N2O2.C7H5BrClF.C7H6BrFO.C3H6/c1-11-19(12(2)25-21-11)14-4-6-18(23)22(9-14)8-13-3-5-15(16(20)7-13)17-10-24-17;1-4-15-6-5-14(9-17(15)20)10-22-11-16(7-8-18(22)23)19-12(2)21-24-13(19)3;1-10-17(11(2)23-20-10)13-4-6-16(22)21(9-13)8-12-3-5-14(18)15(19)7-12;1-6-10(7(2)14-12-6)8-3-4-9(13)11-5-8;8-6-2-1-5(4-9)3-7(6)10;8-6-2-1-5(4-10)3-7(6)9;1-3-2/h3-7,9,17H,8,10H2,1-2H3;4-9,11H,1,10H2,2-3H3;3-7,9H,8H2,1-2H3;3-5H,1-2H3,(H,11,13);1-3H,4H2;1-3,10H,4H2;3H,1H2,2H3. The molecule has 1 atom stereocenters. The molecule has 9 heterocycles. The van der Waals surface area contributed by atoms with E-state index in [1.54, 1.807) is 123 Å². The number of ether oxygens (including phenoxy) is 1. The number of hydrogen-bond donors (Lipinski definition) is 2. The molecule has 13 aromatic rings. The van der Waals surface area contributed by atoms with Gasteiger partial charge in [-0.2, -0.15) is 0 Å². The van der Waals surface area contributed by atoms with E-state index in [-0.39, 0.29) is 70.6 Å². The second kappa shape index (κ2) is 39.6. The fourth-order valence-corrected chi connectivity index (χ4v) is 11.9. The number of rotatable bonds is 14. The SMILES string of the molecule is C=CC.C=Cc1ccc(Cn2cc(-c3c(C)noc3C)ccc2=O)cc1F.Cc1noc(C)c1-c1ccc(=O)[nH]c1.Cc1noc(C)c1-c1ccc(=O)n(Cc2ccc(Br)c(F)c2)c1.Cc1noc(C)c1-c1ccc(=O)n(Cc2ccc(C3CO3)c(F)c2)c1.Fc1cc(CCl)ccc1Br.OCc1ccc(Br)c(F)c1. The number of aliphatic hydroxyl groups excluding tert-OH is 1. The zero-order valence-electron chi connectivity index (χ0n) is 60.6. The molecule has 27 heteroatoms. The number of alkyl halides is 1. The number of halogens is 9. The number of aromatic nitrogens is 8. The summed E-state index contributed by atoms with van der Waals surface area (Å²) in [5, 5.41) is 24.2. The van der Waals surface area contributed by atoms with Gasteiger partial charge in [-0.25, -0.2) is 22.0 Å². The highest BCUT2D eigenvalue weighted by molar-refractivity contribution is 9.11. The lowest BCUT2D eigenvalue weighted by atomic mass is 10.1. The first kappa shape index (κ1) is 84.1. The van der Waals surface area contributed by atoms with Gasteiger partial charge in [-0.05, 0) is 211 Å². The molecule has 0 amide bonds. The van der Waals surface area contributed by atoms with Gasteiger partial charge < -0.3 is 46.6 Å². The van der Waals surface area contributed by atoms with E-state index in [0.29, 0.717) is 84.1 Å².